The summed E-state index contributed by atoms with van der Waals surface area (Å²) in [5, 5.41) is 0. The van der Waals surface area contributed by atoms with Gasteiger partial charge in [0.15, 0.2) is 16.0 Å². The van der Waals surface area contributed by atoms with Crippen molar-refractivity contribution in [2.75, 3.05) is 5.88 Å². The maximum absolute atomic E-state index is 13.1. The summed E-state index contributed by atoms with van der Waals surface area (Å²) >= 11 is 16.5. The van der Waals surface area contributed by atoms with E-state index in [-0.39, 0.29) is 11.4 Å². The molecule has 14 heavy (non-hydrogen) atoms. The lowest BCUT2D eigenvalue weighted by Gasteiger charge is -2.17. The van der Waals surface area contributed by atoms with E-state index in [1.807, 2.05) is 0 Å². The fourth-order valence-electron chi connectivity index (χ4n) is 0.875. The van der Waals surface area contributed by atoms with Gasteiger partial charge in [-0.1, -0.05) is 23.2 Å². The summed E-state index contributed by atoms with van der Waals surface area (Å²) in [7, 11) is 0. The molecule has 0 nitrogen and oxygen atoms in total. The molecular weight excluding hydrogens is 259 g/mol. The molecule has 6 heteroatoms. The maximum Gasteiger partial charge on any atom is 0.161 e. The van der Waals surface area contributed by atoms with E-state index in [2.05, 4.69) is 0 Å². The molecule has 0 fully saturated rings. The van der Waals surface area contributed by atoms with Crippen molar-refractivity contribution in [2.24, 2.45) is 0 Å². The zero-order chi connectivity index (χ0) is 10.9. The normalized spacial score (nSPS) is 11.9. The van der Waals surface area contributed by atoms with E-state index in [1.165, 1.54) is 0 Å². The third-order valence-electron chi connectivity index (χ3n) is 1.57. The fourth-order valence-corrected chi connectivity index (χ4v) is 1.31. The van der Waals surface area contributed by atoms with E-state index in [0.717, 1.165) is 0 Å². The lowest BCUT2D eigenvalue weighted by molar-refractivity contribution is 0.489. The van der Waals surface area contributed by atoms with Crippen LogP contribution in [0, 0.1) is 17.5 Å². The lowest BCUT2D eigenvalue weighted by Crippen LogP contribution is -2.15. The van der Waals surface area contributed by atoms with Gasteiger partial charge in [-0.15, -0.1) is 11.6 Å². The Hall–Kier alpha value is -0.120. The van der Waals surface area contributed by atoms with E-state index in [1.54, 1.807) is 0 Å². The largest absolute Gasteiger partial charge is 0.206 e. The van der Waals surface area contributed by atoms with Crippen molar-refractivity contribution in [1.82, 2.24) is 0 Å². The van der Waals surface area contributed by atoms with Crippen LogP contribution in [0.4, 0.5) is 13.2 Å². The molecule has 0 saturated heterocycles. The molecule has 78 valence electrons. The molecule has 0 N–H and O–H groups in total. The summed E-state index contributed by atoms with van der Waals surface area (Å²) in [6.07, 6.45) is 0. The van der Waals surface area contributed by atoms with Gasteiger partial charge in [0.2, 0.25) is 0 Å². The second kappa shape index (κ2) is 4.17. The highest BCUT2D eigenvalue weighted by Gasteiger charge is 2.30. The molecule has 0 bridgehead atoms. The minimum atomic E-state index is -1.76. The van der Waals surface area contributed by atoms with Gasteiger partial charge in [0.05, 0.1) is 5.88 Å². The first-order chi connectivity index (χ1) is 6.38. The fraction of sp³-hybridized carbons (Fsp3) is 0.250. The minimum Gasteiger partial charge on any atom is -0.206 e. The van der Waals surface area contributed by atoms with Gasteiger partial charge in [-0.2, -0.15) is 0 Å². The molecule has 0 aliphatic carbocycles. The molecule has 0 unspecified atom stereocenters. The van der Waals surface area contributed by atoms with Gasteiger partial charge in [0.1, 0.15) is 5.82 Å². The predicted molar refractivity (Wildman–Crippen MR) is 50.4 cm³/mol. The van der Waals surface area contributed by atoms with E-state index in [4.69, 9.17) is 34.8 Å². The molecular formula is C8H4Cl3F3. The molecule has 0 aliphatic heterocycles. The molecule has 0 heterocycles. The quantitative estimate of drug-likeness (QED) is 0.559. The SMILES string of the molecule is Fc1cc(F)c(C(Cl)(Cl)CCl)cc1F. The van der Waals surface area contributed by atoms with Crippen LogP contribution >= 0.6 is 34.8 Å². The van der Waals surface area contributed by atoms with E-state index >= 15 is 0 Å². The van der Waals surface area contributed by atoms with Crippen molar-refractivity contribution in [1.29, 1.82) is 0 Å². The average Bonchev–Trinajstić information content (AvgIpc) is 2.11. The highest BCUT2D eigenvalue weighted by Crippen LogP contribution is 2.37. The zero-order valence-electron chi connectivity index (χ0n) is 6.63. The molecule has 0 amide bonds. The Morgan fingerprint density at radius 3 is 2.00 bits per heavy atom. The van der Waals surface area contributed by atoms with Crippen molar-refractivity contribution < 1.29 is 13.2 Å². The molecule has 0 saturated carbocycles. The Bertz CT molecular complexity index is 352. The topological polar surface area (TPSA) is 0 Å². The van der Waals surface area contributed by atoms with Crippen molar-refractivity contribution in [3.05, 3.63) is 35.1 Å². The number of rotatable bonds is 2. The van der Waals surface area contributed by atoms with E-state index in [9.17, 15) is 13.2 Å². The average molecular weight is 263 g/mol. The van der Waals surface area contributed by atoms with Gasteiger partial charge in [-0.25, -0.2) is 13.2 Å². The van der Waals surface area contributed by atoms with E-state index < -0.39 is 21.8 Å². The van der Waals surface area contributed by atoms with Gasteiger partial charge in [0.25, 0.3) is 0 Å². The molecule has 0 atom stereocenters. The van der Waals surface area contributed by atoms with Crippen LogP contribution in [0.5, 0.6) is 0 Å². The van der Waals surface area contributed by atoms with Crippen LogP contribution in [-0.4, -0.2) is 5.88 Å². The first kappa shape index (κ1) is 12.0. The maximum atomic E-state index is 13.1. The van der Waals surface area contributed by atoms with Crippen molar-refractivity contribution in [3.63, 3.8) is 0 Å². The highest BCUT2D eigenvalue weighted by atomic mass is 35.5. The third-order valence-corrected chi connectivity index (χ3v) is 2.92. The summed E-state index contributed by atoms with van der Waals surface area (Å²) in [6, 6.07) is 0.962. The molecule has 1 rings (SSSR count). The molecule has 0 spiro atoms. The first-order valence-corrected chi connectivity index (χ1v) is 4.76. The lowest BCUT2D eigenvalue weighted by atomic mass is 10.1. The minimum absolute atomic E-state index is 0.335. The highest BCUT2D eigenvalue weighted by molar-refractivity contribution is 6.51. The van der Waals surface area contributed by atoms with Crippen LogP contribution in [0.25, 0.3) is 0 Å². The van der Waals surface area contributed by atoms with Gasteiger partial charge in [0, 0.05) is 11.6 Å². The third kappa shape index (κ3) is 2.27. The Labute approximate surface area is 93.6 Å². The number of halogens is 6. The monoisotopic (exact) mass is 262 g/mol. The number of hydrogen-bond acceptors (Lipinski definition) is 0. The molecule has 1 aromatic rings. The smallest absolute Gasteiger partial charge is 0.161 e. The van der Waals surface area contributed by atoms with Crippen LogP contribution in [0.15, 0.2) is 12.1 Å². The molecule has 0 aromatic heterocycles. The summed E-state index contributed by atoms with van der Waals surface area (Å²) in [5.41, 5.74) is -0.380. The second-order valence-electron chi connectivity index (χ2n) is 2.58. The van der Waals surface area contributed by atoms with Crippen LogP contribution in [0.1, 0.15) is 5.56 Å². The second-order valence-corrected chi connectivity index (χ2v) is 4.34. The number of alkyl halides is 3. The van der Waals surface area contributed by atoms with Gasteiger partial charge in [-0.05, 0) is 6.07 Å². The Balaban J connectivity index is 3.29. The summed E-state index contributed by atoms with van der Waals surface area (Å²) in [5.74, 6) is -3.89. The van der Waals surface area contributed by atoms with Crippen molar-refractivity contribution >= 4 is 34.8 Å². The summed E-state index contributed by atoms with van der Waals surface area (Å²) in [6.45, 7) is 0. The molecule has 0 aliphatic rings. The summed E-state index contributed by atoms with van der Waals surface area (Å²) < 4.78 is 36.6. The first-order valence-electron chi connectivity index (χ1n) is 3.47. The Morgan fingerprint density at radius 1 is 1.00 bits per heavy atom. The van der Waals surface area contributed by atoms with Crippen LogP contribution < -0.4 is 0 Å². The van der Waals surface area contributed by atoms with Crippen LogP contribution in [-0.2, 0) is 4.33 Å². The molecule has 1 aromatic carbocycles. The standard InChI is InChI=1S/C8H4Cl3F3/c9-3-8(10,11)4-1-6(13)7(14)2-5(4)12/h1-2H,3H2. The number of benzene rings is 1. The Morgan fingerprint density at radius 2 is 1.50 bits per heavy atom. The van der Waals surface area contributed by atoms with Gasteiger partial charge in [-0.3, -0.25) is 0 Å². The zero-order valence-corrected chi connectivity index (χ0v) is 8.90. The van der Waals surface area contributed by atoms with Gasteiger partial charge < -0.3 is 0 Å². The summed E-state index contributed by atoms with van der Waals surface area (Å²) in [4.78, 5) is 0. The van der Waals surface area contributed by atoms with Crippen LogP contribution in [0.2, 0.25) is 0 Å². The molecule has 0 radical (unpaired) electrons. The van der Waals surface area contributed by atoms with Crippen molar-refractivity contribution in [3.8, 4) is 0 Å². The Kier molecular flexibility index (Phi) is 3.56. The van der Waals surface area contributed by atoms with Crippen LogP contribution in [0.3, 0.4) is 0 Å². The van der Waals surface area contributed by atoms with E-state index in [0.29, 0.717) is 12.1 Å². The predicted octanol–water partition coefficient (Wildman–Crippen LogP) is 3.97. The number of hydrogen-bond donors (Lipinski definition) is 0. The van der Waals surface area contributed by atoms with Crippen molar-refractivity contribution in [2.45, 2.75) is 4.33 Å². The van der Waals surface area contributed by atoms with Gasteiger partial charge >= 0.3 is 0 Å².